The molecular formula is C18H24N4O2. The van der Waals surface area contributed by atoms with Crippen LogP contribution in [0.5, 0.6) is 0 Å². The topological polar surface area (TPSA) is 79.2 Å². The monoisotopic (exact) mass is 328 g/mol. The number of aromatic nitrogens is 2. The first-order valence-electron chi connectivity index (χ1n) is 8.49. The molecule has 2 aromatic rings. The highest BCUT2D eigenvalue weighted by molar-refractivity contribution is 5.74. The minimum absolute atomic E-state index is 0.132. The number of hydrogen-bond donors (Lipinski definition) is 3. The molecule has 128 valence electrons. The molecule has 0 radical (unpaired) electrons. The quantitative estimate of drug-likeness (QED) is 0.787. The minimum atomic E-state index is -0.132. The van der Waals surface area contributed by atoms with Crippen molar-refractivity contribution in [2.24, 2.45) is 5.92 Å². The van der Waals surface area contributed by atoms with Crippen molar-refractivity contribution in [1.29, 1.82) is 0 Å². The SMILES string of the molecule is O=C(NCc1cccc(-n2cccn2)c1)NC1CCC(CO)CC1. The molecule has 1 aromatic carbocycles. The molecular weight excluding hydrogens is 304 g/mol. The van der Waals surface area contributed by atoms with Gasteiger partial charge in [0.2, 0.25) is 0 Å². The van der Waals surface area contributed by atoms with E-state index in [1.165, 1.54) is 0 Å². The van der Waals surface area contributed by atoms with E-state index >= 15 is 0 Å². The van der Waals surface area contributed by atoms with Crippen LogP contribution >= 0.6 is 0 Å². The lowest BCUT2D eigenvalue weighted by molar-refractivity contribution is 0.174. The zero-order valence-corrected chi connectivity index (χ0v) is 13.7. The number of amides is 2. The average Bonchev–Trinajstić information content (AvgIpc) is 3.16. The van der Waals surface area contributed by atoms with Crippen molar-refractivity contribution in [1.82, 2.24) is 20.4 Å². The Bertz CT molecular complexity index is 649. The van der Waals surface area contributed by atoms with Gasteiger partial charge in [-0.15, -0.1) is 0 Å². The summed E-state index contributed by atoms with van der Waals surface area (Å²) in [5.41, 5.74) is 2.00. The second-order valence-corrected chi connectivity index (χ2v) is 6.35. The smallest absolute Gasteiger partial charge is 0.315 e. The number of aliphatic hydroxyl groups is 1. The van der Waals surface area contributed by atoms with Gasteiger partial charge in [0.15, 0.2) is 0 Å². The number of nitrogens with zero attached hydrogens (tertiary/aromatic N) is 2. The summed E-state index contributed by atoms with van der Waals surface area (Å²) in [6.45, 7) is 0.735. The average molecular weight is 328 g/mol. The van der Waals surface area contributed by atoms with Gasteiger partial charge in [0, 0.05) is 31.6 Å². The van der Waals surface area contributed by atoms with Crippen LogP contribution in [-0.4, -0.2) is 33.6 Å². The fourth-order valence-electron chi connectivity index (χ4n) is 3.14. The maximum Gasteiger partial charge on any atom is 0.315 e. The van der Waals surface area contributed by atoms with E-state index in [0.29, 0.717) is 12.5 Å². The van der Waals surface area contributed by atoms with Gasteiger partial charge >= 0.3 is 6.03 Å². The third kappa shape index (κ3) is 4.35. The van der Waals surface area contributed by atoms with E-state index in [4.69, 9.17) is 5.11 Å². The van der Waals surface area contributed by atoms with Crippen molar-refractivity contribution in [3.05, 3.63) is 48.3 Å². The first-order valence-corrected chi connectivity index (χ1v) is 8.49. The summed E-state index contributed by atoms with van der Waals surface area (Å²) in [5, 5.41) is 19.3. The molecule has 2 amide bonds. The number of carbonyl (C=O) groups is 1. The molecule has 0 bridgehead atoms. The lowest BCUT2D eigenvalue weighted by Gasteiger charge is -2.27. The van der Waals surface area contributed by atoms with Crippen LogP contribution in [0.4, 0.5) is 4.79 Å². The second kappa shape index (κ2) is 7.97. The van der Waals surface area contributed by atoms with Crippen LogP contribution in [0.15, 0.2) is 42.7 Å². The molecule has 0 saturated heterocycles. The number of urea groups is 1. The van der Waals surface area contributed by atoms with Crippen LogP contribution in [0.3, 0.4) is 0 Å². The highest BCUT2D eigenvalue weighted by Crippen LogP contribution is 2.23. The number of carbonyl (C=O) groups excluding carboxylic acids is 1. The zero-order valence-electron chi connectivity index (χ0n) is 13.7. The Morgan fingerprint density at radius 2 is 2.08 bits per heavy atom. The van der Waals surface area contributed by atoms with Crippen LogP contribution < -0.4 is 10.6 Å². The normalized spacial score (nSPS) is 20.5. The number of aliphatic hydroxyl groups excluding tert-OH is 1. The number of nitrogens with one attached hydrogen (secondary N) is 2. The maximum atomic E-state index is 12.1. The van der Waals surface area contributed by atoms with Gasteiger partial charge in [-0.05, 0) is 55.4 Å². The Morgan fingerprint density at radius 1 is 1.25 bits per heavy atom. The van der Waals surface area contributed by atoms with Gasteiger partial charge in [0.1, 0.15) is 0 Å². The van der Waals surface area contributed by atoms with Gasteiger partial charge in [0.05, 0.1) is 5.69 Å². The van der Waals surface area contributed by atoms with Crippen molar-refractivity contribution in [3.8, 4) is 5.69 Å². The zero-order chi connectivity index (χ0) is 16.8. The Balaban J connectivity index is 1.47. The molecule has 6 heteroatoms. The fraction of sp³-hybridized carbons (Fsp3) is 0.444. The number of rotatable bonds is 5. The van der Waals surface area contributed by atoms with E-state index in [0.717, 1.165) is 36.9 Å². The lowest BCUT2D eigenvalue weighted by atomic mass is 9.87. The number of benzene rings is 1. The summed E-state index contributed by atoms with van der Waals surface area (Å²) in [4.78, 5) is 12.1. The van der Waals surface area contributed by atoms with Gasteiger partial charge in [-0.1, -0.05) is 12.1 Å². The molecule has 1 fully saturated rings. The molecule has 0 unspecified atom stereocenters. The molecule has 0 atom stereocenters. The van der Waals surface area contributed by atoms with Crippen LogP contribution in [0.25, 0.3) is 5.69 Å². The van der Waals surface area contributed by atoms with E-state index in [1.54, 1.807) is 10.9 Å². The van der Waals surface area contributed by atoms with E-state index < -0.39 is 0 Å². The van der Waals surface area contributed by atoms with E-state index in [9.17, 15) is 4.79 Å². The van der Waals surface area contributed by atoms with Crippen LogP contribution in [-0.2, 0) is 6.54 Å². The first kappa shape index (κ1) is 16.5. The fourth-order valence-corrected chi connectivity index (χ4v) is 3.14. The molecule has 0 aliphatic heterocycles. The summed E-state index contributed by atoms with van der Waals surface area (Å²) in [6.07, 6.45) is 7.47. The summed E-state index contributed by atoms with van der Waals surface area (Å²) in [6, 6.07) is 9.90. The maximum absolute atomic E-state index is 12.1. The first-order chi connectivity index (χ1) is 11.7. The molecule has 1 heterocycles. The van der Waals surface area contributed by atoms with Gasteiger partial charge in [-0.2, -0.15) is 5.10 Å². The highest BCUT2D eigenvalue weighted by Gasteiger charge is 2.21. The van der Waals surface area contributed by atoms with Gasteiger partial charge < -0.3 is 15.7 Å². The van der Waals surface area contributed by atoms with Crippen molar-refractivity contribution in [2.75, 3.05) is 6.61 Å². The van der Waals surface area contributed by atoms with Crippen LogP contribution in [0, 0.1) is 5.92 Å². The molecule has 3 N–H and O–H groups in total. The summed E-state index contributed by atoms with van der Waals surface area (Å²) in [5.74, 6) is 0.399. The predicted molar refractivity (Wildman–Crippen MR) is 91.8 cm³/mol. The van der Waals surface area contributed by atoms with Crippen LogP contribution in [0.1, 0.15) is 31.2 Å². The minimum Gasteiger partial charge on any atom is -0.396 e. The van der Waals surface area contributed by atoms with Gasteiger partial charge in [0.25, 0.3) is 0 Å². The van der Waals surface area contributed by atoms with Crippen molar-refractivity contribution >= 4 is 6.03 Å². The molecule has 1 aromatic heterocycles. The lowest BCUT2D eigenvalue weighted by Crippen LogP contribution is -2.43. The molecule has 1 saturated carbocycles. The Kier molecular flexibility index (Phi) is 5.48. The third-order valence-electron chi connectivity index (χ3n) is 4.57. The van der Waals surface area contributed by atoms with Crippen molar-refractivity contribution < 1.29 is 9.90 Å². The molecule has 1 aliphatic carbocycles. The Hall–Kier alpha value is -2.34. The molecule has 1 aliphatic rings. The third-order valence-corrected chi connectivity index (χ3v) is 4.57. The molecule has 3 rings (SSSR count). The van der Waals surface area contributed by atoms with Crippen LogP contribution in [0.2, 0.25) is 0 Å². The van der Waals surface area contributed by atoms with Gasteiger partial charge in [-0.25, -0.2) is 9.48 Å². The summed E-state index contributed by atoms with van der Waals surface area (Å²) < 4.78 is 1.79. The Morgan fingerprint density at radius 3 is 2.79 bits per heavy atom. The largest absolute Gasteiger partial charge is 0.396 e. The number of hydrogen-bond acceptors (Lipinski definition) is 3. The van der Waals surface area contributed by atoms with Crippen molar-refractivity contribution in [2.45, 2.75) is 38.3 Å². The standard InChI is InChI=1S/C18H24N4O2/c23-13-14-5-7-16(8-6-14)21-18(24)19-12-15-3-1-4-17(11-15)22-10-2-9-20-22/h1-4,9-11,14,16,23H,5-8,12-13H2,(H2,19,21,24). The Labute approximate surface area is 141 Å². The molecule has 6 nitrogen and oxygen atoms in total. The summed E-state index contributed by atoms with van der Waals surface area (Å²) in [7, 11) is 0. The predicted octanol–water partition coefficient (Wildman–Crippen LogP) is 2.22. The molecule has 24 heavy (non-hydrogen) atoms. The van der Waals surface area contributed by atoms with Crippen molar-refractivity contribution in [3.63, 3.8) is 0 Å². The molecule has 0 spiro atoms. The highest BCUT2D eigenvalue weighted by atomic mass is 16.3. The van der Waals surface area contributed by atoms with E-state index in [2.05, 4.69) is 15.7 Å². The van der Waals surface area contributed by atoms with E-state index in [1.807, 2.05) is 36.5 Å². The van der Waals surface area contributed by atoms with Gasteiger partial charge in [-0.3, -0.25) is 0 Å². The summed E-state index contributed by atoms with van der Waals surface area (Å²) >= 11 is 0. The second-order valence-electron chi connectivity index (χ2n) is 6.35. The van der Waals surface area contributed by atoms with E-state index in [-0.39, 0.29) is 18.7 Å².